The zero-order chi connectivity index (χ0) is 13.7. The van der Waals surface area contributed by atoms with Crippen LogP contribution in [0.15, 0.2) is 0 Å². The summed E-state index contributed by atoms with van der Waals surface area (Å²) in [6.45, 7) is 3.43. The van der Waals surface area contributed by atoms with E-state index in [-0.39, 0.29) is 12.5 Å². The SMILES string of the molecule is CCC1CCC(C#N)(NC(=O)C2COCCO2)CC1. The van der Waals surface area contributed by atoms with E-state index in [4.69, 9.17) is 9.47 Å². The molecule has 5 nitrogen and oxygen atoms in total. The first-order valence-electron chi connectivity index (χ1n) is 7.12. The zero-order valence-electron chi connectivity index (χ0n) is 11.5. The minimum Gasteiger partial charge on any atom is -0.376 e. The van der Waals surface area contributed by atoms with E-state index in [1.807, 2.05) is 0 Å². The average molecular weight is 266 g/mol. The van der Waals surface area contributed by atoms with Crippen molar-refractivity contribution >= 4 is 5.91 Å². The molecule has 1 unspecified atom stereocenters. The van der Waals surface area contributed by atoms with Crippen molar-refractivity contribution in [3.63, 3.8) is 0 Å². The van der Waals surface area contributed by atoms with Gasteiger partial charge in [0.2, 0.25) is 0 Å². The molecule has 2 aliphatic rings. The summed E-state index contributed by atoms with van der Waals surface area (Å²) in [6.07, 6.45) is 4.07. The summed E-state index contributed by atoms with van der Waals surface area (Å²) in [5.41, 5.74) is -0.705. The third-order valence-electron chi connectivity index (χ3n) is 4.22. The first-order valence-corrected chi connectivity index (χ1v) is 7.12. The summed E-state index contributed by atoms with van der Waals surface area (Å²) in [4.78, 5) is 12.1. The van der Waals surface area contributed by atoms with Crippen LogP contribution in [0.4, 0.5) is 0 Å². The molecule has 19 heavy (non-hydrogen) atoms. The van der Waals surface area contributed by atoms with Crippen LogP contribution < -0.4 is 5.32 Å². The van der Waals surface area contributed by atoms with Crippen LogP contribution in [0, 0.1) is 17.2 Å². The summed E-state index contributed by atoms with van der Waals surface area (Å²) >= 11 is 0. The summed E-state index contributed by atoms with van der Waals surface area (Å²) in [7, 11) is 0. The van der Waals surface area contributed by atoms with Crippen LogP contribution in [-0.4, -0.2) is 37.4 Å². The van der Waals surface area contributed by atoms with Crippen LogP contribution in [0.1, 0.15) is 39.0 Å². The Hall–Kier alpha value is -1.12. The normalized spacial score (nSPS) is 35.4. The molecule has 2 fully saturated rings. The van der Waals surface area contributed by atoms with Gasteiger partial charge in [-0.2, -0.15) is 5.26 Å². The van der Waals surface area contributed by atoms with Crippen molar-refractivity contribution in [2.45, 2.75) is 50.7 Å². The van der Waals surface area contributed by atoms with Crippen LogP contribution >= 0.6 is 0 Å². The summed E-state index contributed by atoms with van der Waals surface area (Å²) in [6, 6.07) is 2.30. The maximum Gasteiger partial charge on any atom is 0.252 e. The molecule has 1 amide bonds. The van der Waals surface area contributed by atoms with Crippen molar-refractivity contribution in [1.82, 2.24) is 5.32 Å². The Bertz CT molecular complexity index is 350. The number of hydrogen-bond acceptors (Lipinski definition) is 4. The second-order valence-electron chi connectivity index (χ2n) is 5.47. The van der Waals surface area contributed by atoms with Gasteiger partial charge in [0.1, 0.15) is 5.54 Å². The van der Waals surface area contributed by atoms with Gasteiger partial charge in [-0.25, -0.2) is 0 Å². The van der Waals surface area contributed by atoms with E-state index in [0.29, 0.717) is 19.1 Å². The van der Waals surface area contributed by atoms with Gasteiger partial charge < -0.3 is 14.8 Å². The van der Waals surface area contributed by atoms with Crippen molar-refractivity contribution in [3.8, 4) is 6.07 Å². The fourth-order valence-corrected chi connectivity index (χ4v) is 2.80. The first-order chi connectivity index (χ1) is 9.19. The Morgan fingerprint density at radius 2 is 2.16 bits per heavy atom. The second-order valence-corrected chi connectivity index (χ2v) is 5.47. The molecule has 0 bridgehead atoms. The minimum atomic E-state index is -0.705. The second kappa shape index (κ2) is 6.36. The minimum absolute atomic E-state index is 0.212. The van der Waals surface area contributed by atoms with Crippen molar-refractivity contribution < 1.29 is 14.3 Å². The maximum absolute atomic E-state index is 12.1. The molecule has 1 N–H and O–H groups in total. The Kier molecular flexibility index (Phi) is 4.78. The number of nitrogens with one attached hydrogen (secondary N) is 1. The highest BCUT2D eigenvalue weighted by Crippen LogP contribution is 2.33. The monoisotopic (exact) mass is 266 g/mol. The number of nitrogens with zero attached hydrogens (tertiary/aromatic N) is 1. The molecule has 1 saturated carbocycles. The van der Waals surface area contributed by atoms with Gasteiger partial charge in [0.05, 0.1) is 25.9 Å². The molecule has 0 aromatic carbocycles. The Balaban J connectivity index is 1.91. The maximum atomic E-state index is 12.1. The molecule has 1 heterocycles. The lowest BCUT2D eigenvalue weighted by atomic mass is 9.76. The number of nitriles is 1. The van der Waals surface area contributed by atoms with E-state index in [1.165, 1.54) is 0 Å². The molecule has 2 rings (SSSR count). The van der Waals surface area contributed by atoms with Gasteiger partial charge in [0.25, 0.3) is 5.91 Å². The molecule has 106 valence electrons. The summed E-state index contributed by atoms with van der Waals surface area (Å²) in [5, 5.41) is 12.3. The largest absolute Gasteiger partial charge is 0.376 e. The van der Waals surface area contributed by atoms with Gasteiger partial charge in [0.15, 0.2) is 6.10 Å². The molecule has 1 aliphatic heterocycles. The number of carbonyl (C=O) groups excluding carboxylic acids is 1. The third kappa shape index (κ3) is 3.46. The topological polar surface area (TPSA) is 71.4 Å². The lowest BCUT2D eigenvalue weighted by molar-refractivity contribution is -0.149. The zero-order valence-corrected chi connectivity index (χ0v) is 11.5. The molecule has 0 aromatic rings. The fraction of sp³-hybridized carbons (Fsp3) is 0.857. The van der Waals surface area contributed by atoms with E-state index < -0.39 is 11.6 Å². The van der Waals surface area contributed by atoms with Gasteiger partial charge in [-0.3, -0.25) is 4.79 Å². The van der Waals surface area contributed by atoms with Crippen LogP contribution in [0.3, 0.4) is 0 Å². The van der Waals surface area contributed by atoms with Gasteiger partial charge in [-0.05, 0) is 31.6 Å². The molecule has 1 atom stereocenters. The number of ether oxygens (including phenoxy) is 2. The predicted octanol–water partition coefficient (Wildman–Crippen LogP) is 1.38. The number of hydrogen-bond donors (Lipinski definition) is 1. The molecule has 1 aliphatic carbocycles. The van der Waals surface area contributed by atoms with E-state index in [2.05, 4.69) is 18.3 Å². The van der Waals surface area contributed by atoms with Crippen LogP contribution in [0.2, 0.25) is 0 Å². The van der Waals surface area contributed by atoms with E-state index in [0.717, 1.165) is 32.1 Å². The highest BCUT2D eigenvalue weighted by molar-refractivity contribution is 5.82. The highest BCUT2D eigenvalue weighted by atomic mass is 16.6. The van der Waals surface area contributed by atoms with Crippen LogP contribution in [0.5, 0.6) is 0 Å². The Labute approximate surface area is 114 Å². The van der Waals surface area contributed by atoms with Gasteiger partial charge >= 0.3 is 0 Å². The number of amides is 1. The van der Waals surface area contributed by atoms with E-state index in [1.54, 1.807) is 0 Å². The molecule has 1 saturated heterocycles. The molecular formula is C14H22N2O3. The average Bonchev–Trinajstić information content (AvgIpc) is 2.49. The number of carbonyl (C=O) groups is 1. The van der Waals surface area contributed by atoms with Crippen molar-refractivity contribution in [2.75, 3.05) is 19.8 Å². The van der Waals surface area contributed by atoms with Crippen molar-refractivity contribution in [1.29, 1.82) is 5.26 Å². The van der Waals surface area contributed by atoms with Gasteiger partial charge in [-0.1, -0.05) is 13.3 Å². The smallest absolute Gasteiger partial charge is 0.252 e. The van der Waals surface area contributed by atoms with E-state index >= 15 is 0 Å². The number of rotatable bonds is 3. The standard InChI is InChI=1S/C14H22N2O3/c1-2-11-3-5-14(10-15,6-4-11)16-13(17)12-9-18-7-8-19-12/h11-12H,2-9H2,1H3,(H,16,17). The quantitative estimate of drug-likeness (QED) is 0.837. The van der Waals surface area contributed by atoms with Crippen LogP contribution in [0.25, 0.3) is 0 Å². The van der Waals surface area contributed by atoms with Gasteiger partial charge in [-0.15, -0.1) is 0 Å². The van der Waals surface area contributed by atoms with Gasteiger partial charge in [0, 0.05) is 0 Å². The highest BCUT2D eigenvalue weighted by Gasteiger charge is 2.38. The fourth-order valence-electron chi connectivity index (χ4n) is 2.80. The molecule has 0 aromatic heterocycles. The lowest BCUT2D eigenvalue weighted by Gasteiger charge is -2.36. The van der Waals surface area contributed by atoms with Crippen molar-refractivity contribution in [3.05, 3.63) is 0 Å². The Morgan fingerprint density at radius 3 is 2.68 bits per heavy atom. The van der Waals surface area contributed by atoms with E-state index in [9.17, 15) is 10.1 Å². The molecule has 5 heteroatoms. The molecule has 0 spiro atoms. The van der Waals surface area contributed by atoms with Crippen molar-refractivity contribution in [2.24, 2.45) is 5.92 Å². The third-order valence-corrected chi connectivity index (χ3v) is 4.22. The lowest BCUT2D eigenvalue weighted by Crippen LogP contribution is -2.54. The first kappa shape index (κ1) is 14.3. The summed E-state index contributed by atoms with van der Waals surface area (Å²) < 4.78 is 10.6. The molecule has 0 radical (unpaired) electrons. The predicted molar refractivity (Wildman–Crippen MR) is 69.3 cm³/mol. The summed E-state index contributed by atoms with van der Waals surface area (Å²) in [5.74, 6) is 0.476. The Morgan fingerprint density at radius 1 is 1.42 bits per heavy atom. The molecular weight excluding hydrogens is 244 g/mol. The van der Waals surface area contributed by atoms with Crippen LogP contribution in [-0.2, 0) is 14.3 Å².